The van der Waals surface area contributed by atoms with Crippen molar-refractivity contribution in [2.24, 2.45) is 0 Å². The Kier molecular flexibility index (Phi) is 5.46. The highest BCUT2D eigenvalue weighted by Gasteiger charge is 2.25. The second kappa shape index (κ2) is 7.86. The first-order chi connectivity index (χ1) is 13.5. The fraction of sp³-hybridized carbons (Fsp3) is 0.286. The van der Waals surface area contributed by atoms with Crippen molar-refractivity contribution in [1.29, 1.82) is 0 Å². The van der Waals surface area contributed by atoms with Gasteiger partial charge in [-0.2, -0.15) is 0 Å². The van der Waals surface area contributed by atoms with Gasteiger partial charge in [0.1, 0.15) is 11.3 Å². The van der Waals surface area contributed by atoms with E-state index in [1.54, 1.807) is 18.2 Å². The van der Waals surface area contributed by atoms with Gasteiger partial charge in [0.05, 0.1) is 27.2 Å². The van der Waals surface area contributed by atoms with Crippen molar-refractivity contribution in [2.75, 3.05) is 11.6 Å². The molecule has 0 aliphatic carbocycles. The number of aryl methyl sites for hydroxylation is 1. The number of rotatable bonds is 4. The molecule has 2 heterocycles. The van der Waals surface area contributed by atoms with Crippen molar-refractivity contribution in [3.05, 3.63) is 66.9 Å². The molecule has 0 N–H and O–H groups in total. The van der Waals surface area contributed by atoms with E-state index in [0.29, 0.717) is 39.7 Å². The highest BCUT2D eigenvalue weighted by atomic mass is 35.5. The average Bonchev–Trinajstić information content (AvgIpc) is 2.69. The summed E-state index contributed by atoms with van der Waals surface area (Å²) >= 11 is 18.7. The average molecular weight is 439 g/mol. The lowest BCUT2D eigenvalue weighted by Crippen LogP contribution is -2.32. The number of nitrogens with zero attached hydrogens (tertiary/aromatic N) is 1. The zero-order valence-corrected chi connectivity index (χ0v) is 17.5. The van der Waals surface area contributed by atoms with Crippen molar-refractivity contribution in [1.82, 2.24) is 0 Å². The van der Waals surface area contributed by atoms with Crippen LogP contribution in [0.3, 0.4) is 0 Å². The summed E-state index contributed by atoms with van der Waals surface area (Å²) in [7, 11) is 0. The van der Waals surface area contributed by atoms with Gasteiger partial charge in [-0.15, -0.1) is 0 Å². The zero-order chi connectivity index (χ0) is 19.8. The van der Waals surface area contributed by atoms with Gasteiger partial charge < -0.3 is 14.1 Å². The minimum atomic E-state index is -0.366. The molecule has 0 fully saturated rings. The van der Waals surface area contributed by atoms with E-state index in [-0.39, 0.29) is 5.63 Å². The van der Waals surface area contributed by atoms with Gasteiger partial charge in [0.15, 0.2) is 6.73 Å². The molecule has 0 amide bonds. The molecule has 0 unspecified atom stereocenters. The Hall–Kier alpha value is -1.88. The molecule has 0 saturated heterocycles. The quantitative estimate of drug-likeness (QED) is 0.439. The molecule has 146 valence electrons. The molecule has 0 saturated carbocycles. The maximum absolute atomic E-state index is 12.2. The standard InChI is InChI=1S/C21H18Cl3NO3/c1-2-3-4-12-7-19(26)28-20-14(12)9-18(24)21-15(20)10-25(11-27-21)13-5-6-16(22)17(23)8-13/h5-9H,2-4,10-11H2,1H3. The maximum atomic E-state index is 12.2. The lowest BCUT2D eigenvalue weighted by atomic mass is 10.0. The molecule has 4 rings (SSSR count). The van der Waals surface area contributed by atoms with Crippen LogP contribution >= 0.6 is 34.8 Å². The summed E-state index contributed by atoms with van der Waals surface area (Å²) in [5, 5.41) is 2.33. The second-order valence-electron chi connectivity index (χ2n) is 6.81. The van der Waals surface area contributed by atoms with Crippen LogP contribution in [0.15, 0.2) is 39.5 Å². The molecule has 0 bridgehead atoms. The summed E-state index contributed by atoms with van der Waals surface area (Å²) in [4.78, 5) is 14.2. The van der Waals surface area contributed by atoms with Crippen molar-refractivity contribution in [3.63, 3.8) is 0 Å². The van der Waals surface area contributed by atoms with Crippen molar-refractivity contribution in [3.8, 4) is 5.75 Å². The van der Waals surface area contributed by atoms with Crippen LogP contribution in [0.4, 0.5) is 5.69 Å². The Balaban J connectivity index is 1.83. The largest absolute Gasteiger partial charge is 0.471 e. The minimum Gasteiger partial charge on any atom is -0.471 e. The van der Waals surface area contributed by atoms with Crippen LogP contribution in [-0.2, 0) is 13.0 Å². The maximum Gasteiger partial charge on any atom is 0.336 e. The van der Waals surface area contributed by atoms with Crippen LogP contribution in [0.5, 0.6) is 5.75 Å². The molecule has 2 aromatic carbocycles. The van der Waals surface area contributed by atoms with Gasteiger partial charge in [0.25, 0.3) is 0 Å². The number of fused-ring (bicyclic) bond motifs is 3. The van der Waals surface area contributed by atoms with Gasteiger partial charge in [0, 0.05) is 17.1 Å². The fourth-order valence-corrected chi connectivity index (χ4v) is 4.04. The molecular formula is C21H18Cl3NO3. The molecule has 4 nitrogen and oxygen atoms in total. The van der Waals surface area contributed by atoms with Gasteiger partial charge in [0.2, 0.25) is 0 Å². The van der Waals surface area contributed by atoms with Crippen LogP contribution in [0.2, 0.25) is 15.1 Å². The lowest BCUT2D eigenvalue weighted by Gasteiger charge is -2.31. The summed E-state index contributed by atoms with van der Waals surface area (Å²) in [6.45, 7) is 2.89. The molecule has 0 radical (unpaired) electrons. The van der Waals surface area contributed by atoms with Crippen molar-refractivity contribution < 1.29 is 9.15 Å². The first-order valence-electron chi connectivity index (χ1n) is 9.09. The third-order valence-electron chi connectivity index (χ3n) is 4.90. The number of hydrogen-bond donors (Lipinski definition) is 0. The summed E-state index contributed by atoms with van der Waals surface area (Å²) in [5.74, 6) is 0.557. The molecule has 3 aromatic rings. The van der Waals surface area contributed by atoms with Crippen LogP contribution in [0.1, 0.15) is 30.9 Å². The van der Waals surface area contributed by atoms with Gasteiger partial charge in [-0.3, -0.25) is 0 Å². The topological polar surface area (TPSA) is 42.7 Å². The molecule has 0 spiro atoms. The number of hydrogen-bond acceptors (Lipinski definition) is 4. The van der Waals surface area contributed by atoms with Gasteiger partial charge in [-0.1, -0.05) is 48.1 Å². The molecule has 0 atom stereocenters. The molecule has 7 heteroatoms. The summed E-state index contributed by atoms with van der Waals surface area (Å²) in [6.07, 6.45) is 2.82. The van der Waals surface area contributed by atoms with Gasteiger partial charge >= 0.3 is 5.63 Å². The monoisotopic (exact) mass is 437 g/mol. The Morgan fingerprint density at radius 2 is 1.89 bits per heavy atom. The van der Waals surface area contributed by atoms with E-state index < -0.39 is 0 Å². The summed E-state index contributed by atoms with van der Waals surface area (Å²) in [5.41, 5.74) is 2.73. The molecule has 1 aliphatic rings. The molecule has 1 aliphatic heterocycles. The molecular weight excluding hydrogens is 421 g/mol. The summed E-state index contributed by atoms with van der Waals surface area (Å²) in [6, 6.07) is 8.79. The van der Waals surface area contributed by atoms with Crippen LogP contribution in [0.25, 0.3) is 11.0 Å². The van der Waals surface area contributed by atoms with E-state index in [1.807, 2.05) is 17.0 Å². The first kappa shape index (κ1) is 19.4. The number of anilines is 1. The first-order valence-corrected chi connectivity index (χ1v) is 10.2. The van der Waals surface area contributed by atoms with E-state index in [0.717, 1.165) is 41.5 Å². The number of unbranched alkanes of at least 4 members (excludes halogenated alkanes) is 1. The highest BCUT2D eigenvalue weighted by Crippen LogP contribution is 2.41. The molecule has 1 aromatic heterocycles. The number of benzene rings is 2. The van der Waals surface area contributed by atoms with Crippen LogP contribution < -0.4 is 15.3 Å². The molecule has 28 heavy (non-hydrogen) atoms. The third kappa shape index (κ3) is 3.57. The van der Waals surface area contributed by atoms with E-state index in [9.17, 15) is 4.79 Å². The van der Waals surface area contributed by atoms with E-state index in [1.165, 1.54) is 0 Å². The zero-order valence-electron chi connectivity index (χ0n) is 15.2. The Bertz CT molecular complexity index is 1110. The minimum absolute atomic E-state index is 0.302. The van der Waals surface area contributed by atoms with Crippen molar-refractivity contribution in [2.45, 2.75) is 32.7 Å². The van der Waals surface area contributed by atoms with Crippen molar-refractivity contribution >= 4 is 51.5 Å². The smallest absolute Gasteiger partial charge is 0.336 e. The van der Waals surface area contributed by atoms with E-state index >= 15 is 0 Å². The van der Waals surface area contributed by atoms with E-state index in [4.69, 9.17) is 44.0 Å². The highest BCUT2D eigenvalue weighted by molar-refractivity contribution is 6.42. The Morgan fingerprint density at radius 3 is 2.64 bits per heavy atom. The number of halogens is 3. The predicted octanol–water partition coefficient (Wildman–Crippen LogP) is 6.45. The van der Waals surface area contributed by atoms with Crippen LogP contribution in [-0.4, -0.2) is 6.73 Å². The summed E-state index contributed by atoms with van der Waals surface area (Å²) < 4.78 is 11.5. The van der Waals surface area contributed by atoms with Crippen LogP contribution in [0, 0.1) is 0 Å². The Morgan fingerprint density at radius 1 is 1.07 bits per heavy atom. The van der Waals surface area contributed by atoms with Gasteiger partial charge in [-0.05, 0) is 42.7 Å². The number of ether oxygens (including phenoxy) is 1. The van der Waals surface area contributed by atoms with E-state index in [2.05, 4.69) is 6.92 Å². The SMILES string of the molecule is CCCCc1cc(=O)oc2c3c(c(Cl)cc12)OCN(c1ccc(Cl)c(Cl)c1)C3. The second-order valence-corrected chi connectivity index (χ2v) is 8.03. The van der Waals surface area contributed by atoms with Gasteiger partial charge in [-0.25, -0.2) is 4.79 Å². The predicted molar refractivity (Wildman–Crippen MR) is 114 cm³/mol. The Labute approximate surface area is 177 Å². The fourth-order valence-electron chi connectivity index (χ4n) is 3.47. The normalized spacial score (nSPS) is 13.5. The third-order valence-corrected chi connectivity index (χ3v) is 5.92. The lowest BCUT2D eigenvalue weighted by molar-refractivity contribution is 0.289.